The van der Waals surface area contributed by atoms with Gasteiger partial charge in [0.1, 0.15) is 0 Å². The molecule has 0 amide bonds. The van der Waals surface area contributed by atoms with E-state index in [1.165, 1.54) is 0 Å². The Morgan fingerprint density at radius 3 is 2.95 bits per heavy atom. The predicted octanol–water partition coefficient (Wildman–Crippen LogP) is 2.03. The number of piperidine rings is 1. The lowest BCUT2D eigenvalue weighted by Crippen LogP contribution is -2.42. The van der Waals surface area contributed by atoms with Gasteiger partial charge in [-0.3, -0.25) is 0 Å². The molecule has 0 aliphatic carbocycles. The van der Waals surface area contributed by atoms with Gasteiger partial charge in [-0.1, -0.05) is 6.07 Å². The van der Waals surface area contributed by atoms with Gasteiger partial charge in [0.25, 0.3) is 0 Å². The Morgan fingerprint density at radius 2 is 2.25 bits per heavy atom. The summed E-state index contributed by atoms with van der Waals surface area (Å²) in [5.41, 5.74) is 0. The molecule has 1 aromatic rings. The lowest BCUT2D eigenvalue weighted by Gasteiger charge is -2.31. The van der Waals surface area contributed by atoms with Crippen LogP contribution in [0.3, 0.4) is 0 Å². The van der Waals surface area contributed by atoms with E-state index in [0.717, 1.165) is 24.3 Å². The van der Waals surface area contributed by atoms with Crippen molar-refractivity contribution in [3.63, 3.8) is 0 Å². The number of rotatable bonds is 5. The second-order valence-corrected chi connectivity index (χ2v) is 7.93. The smallest absolute Gasteiger partial charge is 0.243 e. The maximum atomic E-state index is 12.7. The summed E-state index contributed by atoms with van der Waals surface area (Å²) >= 11 is 1.56. The number of sulfonamides is 1. The van der Waals surface area contributed by atoms with Gasteiger partial charge in [-0.2, -0.15) is 4.31 Å². The molecule has 1 aliphatic heterocycles. The SMILES string of the molecule is CNCC1CCCN(S(=O)(=O)c2cccc(SC)c2)C1. The van der Waals surface area contributed by atoms with Crippen LogP contribution in [0, 0.1) is 5.92 Å². The van der Waals surface area contributed by atoms with Crippen LogP contribution in [-0.2, 0) is 10.0 Å². The highest BCUT2D eigenvalue weighted by atomic mass is 32.2. The van der Waals surface area contributed by atoms with E-state index in [9.17, 15) is 8.42 Å². The standard InChI is InChI=1S/C14H22N2O2S2/c1-15-10-12-5-4-8-16(11-12)20(17,18)14-7-3-6-13(9-14)19-2/h3,6-7,9,12,15H,4-5,8,10-11H2,1-2H3. The molecule has 1 aromatic carbocycles. The zero-order valence-corrected chi connectivity index (χ0v) is 13.6. The van der Waals surface area contributed by atoms with Crippen molar-refractivity contribution in [1.29, 1.82) is 0 Å². The highest BCUT2D eigenvalue weighted by molar-refractivity contribution is 7.98. The van der Waals surface area contributed by atoms with Gasteiger partial charge in [0.2, 0.25) is 10.0 Å². The summed E-state index contributed by atoms with van der Waals surface area (Å²) in [7, 11) is -1.44. The zero-order chi connectivity index (χ0) is 14.6. The van der Waals surface area contributed by atoms with Gasteiger partial charge in [0.15, 0.2) is 0 Å². The Kier molecular flexibility index (Phi) is 5.49. The van der Waals surface area contributed by atoms with Crippen LogP contribution in [0.4, 0.5) is 0 Å². The number of thioether (sulfide) groups is 1. The molecule has 6 heteroatoms. The van der Waals surface area contributed by atoms with Crippen molar-refractivity contribution in [2.45, 2.75) is 22.6 Å². The van der Waals surface area contributed by atoms with Crippen LogP contribution in [0.2, 0.25) is 0 Å². The van der Waals surface area contributed by atoms with Crippen molar-refractivity contribution in [3.8, 4) is 0 Å². The molecule has 1 atom stereocenters. The third-order valence-electron chi connectivity index (χ3n) is 3.65. The van der Waals surface area contributed by atoms with Gasteiger partial charge in [-0.05, 0) is 56.8 Å². The molecule has 1 N–H and O–H groups in total. The molecule has 1 fully saturated rings. The lowest BCUT2D eigenvalue weighted by molar-refractivity contribution is 0.263. The number of nitrogens with one attached hydrogen (secondary N) is 1. The molecule has 0 bridgehead atoms. The Morgan fingerprint density at radius 1 is 1.45 bits per heavy atom. The summed E-state index contributed by atoms with van der Waals surface area (Å²) in [6.45, 7) is 2.12. The molecule has 0 aromatic heterocycles. The highest BCUT2D eigenvalue weighted by Crippen LogP contribution is 2.25. The first-order chi connectivity index (χ1) is 9.57. The van der Waals surface area contributed by atoms with Crippen molar-refractivity contribution in [1.82, 2.24) is 9.62 Å². The molecule has 0 radical (unpaired) electrons. The summed E-state index contributed by atoms with van der Waals surface area (Å²) in [5, 5.41) is 3.14. The number of hydrogen-bond acceptors (Lipinski definition) is 4. The average Bonchev–Trinajstić information content (AvgIpc) is 2.48. The number of hydrogen-bond donors (Lipinski definition) is 1. The van der Waals surface area contributed by atoms with Crippen LogP contribution in [0.15, 0.2) is 34.1 Å². The predicted molar refractivity (Wildman–Crippen MR) is 83.6 cm³/mol. The maximum absolute atomic E-state index is 12.7. The molecular weight excluding hydrogens is 292 g/mol. The first kappa shape index (κ1) is 15.8. The summed E-state index contributed by atoms with van der Waals surface area (Å²) in [6, 6.07) is 7.20. The van der Waals surface area contributed by atoms with E-state index in [2.05, 4.69) is 5.32 Å². The van der Waals surface area contributed by atoms with Crippen LogP contribution in [-0.4, -0.2) is 45.7 Å². The molecule has 0 spiro atoms. The van der Waals surface area contributed by atoms with Crippen LogP contribution < -0.4 is 5.32 Å². The van der Waals surface area contributed by atoms with Crippen LogP contribution >= 0.6 is 11.8 Å². The molecule has 1 heterocycles. The maximum Gasteiger partial charge on any atom is 0.243 e. The van der Waals surface area contributed by atoms with Crippen LogP contribution in [0.25, 0.3) is 0 Å². The molecule has 2 rings (SSSR count). The van der Waals surface area contributed by atoms with Crippen molar-refractivity contribution in [3.05, 3.63) is 24.3 Å². The fourth-order valence-electron chi connectivity index (χ4n) is 2.61. The molecular formula is C14H22N2O2S2. The Hall–Kier alpha value is -0.560. The minimum atomic E-state index is -3.35. The normalized spacial score (nSPS) is 21.0. The molecule has 1 saturated heterocycles. The fraction of sp³-hybridized carbons (Fsp3) is 0.571. The lowest BCUT2D eigenvalue weighted by atomic mass is 10.00. The van der Waals surface area contributed by atoms with E-state index in [4.69, 9.17) is 0 Å². The number of nitrogens with zero attached hydrogens (tertiary/aromatic N) is 1. The van der Waals surface area contributed by atoms with Gasteiger partial charge in [0, 0.05) is 18.0 Å². The molecule has 1 unspecified atom stereocenters. The highest BCUT2D eigenvalue weighted by Gasteiger charge is 2.29. The minimum absolute atomic E-state index is 0.409. The van der Waals surface area contributed by atoms with E-state index < -0.39 is 10.0 Å². The topological polar surface area (TPSA) is 49.4 Å². The number of benzene rings is 1. The second kappa shape index (κ2) is 6.93. The fourth-order valence-corrected chi connectivity index (χ4v) is 4.75. The molecule has 1 aliphatic rings. The van der Waals surface area contributed by atoms with Gasteiger partial charge >= 0.3 is 0 Å². The molecule has 20 heavy (non-hydrogen) atoms. The second-order valence-electron chi connectivity index (χ2n) is 5.11. The van der Waals surface area contributed by atoms with Gasteiger partial charge < -0.3 is 5.32 Å². The molecule has 0 saturated carbocycles. The van der Waals surface area contributed by atoms with Gasteiger partial charge in [0.05, 0.1) is 4.90 Å². The van der Waals surface area contributed by atoms with E-state index in [1.807, 2.05) is 25.4 Å². The monoisotopic (exact) mass is 314 g/mol. The van der Waals surface area contributed by atoms with Gasteiger partial charge in [-0.25, -0.2) is 8.42 Å². The zero-order valence-electron chi connectivity index (χ0n) is 12.0. The van der Waals surface area contributed by atoms with Crippen molar-refractivity contribution >= 4 is 21.8 Å². The van der Waals surface area contributed by atoms with E-state index in [1.54, 1.807) is 28.2 Å². The summed E-state index contributed by atoms with van der Waals surface area (Å²) in [4.78, 5) is 1.39. The van der Waals surface area contributed by atoms with Crippen molar-refractivity contribution < 1.29 is 8.42 Å². The average molecular weight is 314 g/mol. The Balaban J connectivity index is 2.20. The van der Waals surface area contributed by atoms with Crippen molar-refractivity contribution in [2.24, 2.45) is 5.92 Å². The quantitative estimate of drug-likeness (QED) is 0.845. The van der Waals surface area contributed by atoms with Gasteiger partial charge in [-0.15, -0.1) is 11.8 Å². The van der Waals surface area contributed by atoms with Crippen LogP contribution in [0.1, 0.15) is 12.8 Å². The van der Waals surface area contributed by atoms with Crippen LogP contribution in [0.5, 0.6) is 0 Å². The largest absolute Gasteiger partial charge is 0.319 e. The van der Waals surface area contributed by atoms with E-state index in [-0.39, 0.29) is 0 Å². The summed E-state index contributed by atoms with van der Waals surface area (Å²) < 4.78 is 27.0. The first-order valence-corrected chi connectivity index (χ1v) is 9.53. The first-order valence-electron chi connectivity index (χ1n) is 6.86. The van der Waals surface area contributed by atoms with Crippen molar-refractivity contribution in [2.75, 3.05) is 32.9 Å². The third-order valence-corrected chi connectivity index (χ3v) is 6.24. The summed E-state index contributed by atoms with van der Waals surface area (Å²) in [5.74, 6) is 0.409. The molecule has 4 nitrogen and oxygen atoms in total. The van der Waals surface area contributed by atoms with E-state index >= 15 is 0 Å². The Bertz CT molecular complexity index is 544. The third kappa shape index (κ3) is 3.55. The van der Waals surface area contributed by atoms with E-state index in [0.29, 0.717) is 23.9 Å². The molecule has 112 valence electrons. The summed E-state index contributed by atoms with van der Waals surface area (Å²) in [6.07, 6.45) is 3.99. The minimum Gasteiger partial charge on any atom is -0.319 e. The Labute approximate surface area is 126 Å².